The van der Waals surface area contributed by atoms with Crippen molar-refractivity contribution in [3.8, 4) is 0 Å². The Balaban J connectivity index is 0.00000261. The number of nitrogens with zero attached hydrogens (tertiary/aromatic N) is 1. The maximum absolute atomic E-state index is 13.0. The highest BCUT2D eigenvalue weighted by Gasteiger charge is 2.28. The molecule has 0 saturated carbocycles. The topological polar surface area (TPSA) is 61.4 Å². The number of piperidine rings is 1. The van der Waals surface area contributed by atoms with E-state index in [0.717, 1.165) is 42.3 Å². The first-order valence-corrected chi connectivity index (χ1v) is 9.46. The Morgan fingerprint density at radius 2 is 1.74 bits per heavy atom. The van der Waals surface area contributed by atoms with Crippen LogP contribution in [0.25, 0.3) is 10.8 Å². The third-order valence-electron chi connectivity index (χ3n) is 5.02. The molecule has 0 aromatic heterocycles. The van der Waals surface area contributed by atoms with Crippen molar-refractivity contribution in [3.05, 3.63) is 48.0 Å². The largest absolute Gasteiger partial charge is 0.355 e. The van der Waals surface area contributed by atoms with Crippen LogP contribution in [0.15, 0.2) is 42.5 Å². The molecule has 0 radical (unpaired) electrons. The maximum atomic E-state index is 13.0. The van der Waals surface area contributed by atoms with Crippen LogP contribution in [0.5, 0.6) is 0 Å². The van der Waals surface area contributed by atoms with Crippen LogP contribution in [0, 0.1) is 5.92 Å². The minimum atomic E-state index is 0. The number of rotatable bonds is 6. The summed E-state index contributed by atoms with van der Waals surface area (Å²) in [6.45, 7) is 5.66. The van der Waals surface area contributed by atoms with E-state index in [-0.39, 0.29) is 30.1 Å². The molecular formula is C21H28ClN3O2. The second kappa shape index (κ2) is 10.3. The second-order valence-electron chi connectivity index (χ2n) is 6.74. The summed E-state index contributed by atoms with van der Waals surface area (Å²) in [5, 5.41) is 8.24. The molecule has 146 valence electrons. The summed E-state index contributed by atoms with van der Waals surface area (Å²) in [4.78, 5) is 27.1. The fourth-order valence-corrected chi connectivity index (χ4v) is 3.52. The Morgan fingerprint density at radius 3 is 2.48 bits per heavy atom. The van der Waals surface area contributed by atoms with Crippen molar-refractivity contribution < 1.29 is 9.59 Å². The Labute approximate surface area is 166 Å². The van der Waals surface area contributed by atoms with Gasteiger partial charge in [0.05, 0.1) is 0 Å². The van der Waals surface area contributed by atoms with Gasteiger partial charge < -0.3 is 15.5 Å². The van der Waals surface area contributed by atoms with E-state index in [1.807, 2.05) is 54.3 Å². The quantitative estimate of drug-likeness (QED) is 0.747. The molecule has 2 aromatic carbocycles. The summed E-state index contributed by atoms with van der Waals surface area (Å²) in [5.41, 5.74) is 0.747. The molecule has 0 atom stereocenters. The van der Waals surface area contributed by atoms with Crippen molar-refractivity contribution in [1.29, 1.82) is 0 Å². The lowest BCUT2D eigenvalue weighted by Crippen LogP contribution is -2.44. The fourth-order valence-electron chi connectivity index (χ4n) is 3.52. The number of carbonyl (C=O) groups excluding carboxylic acids is 2. The van der Waals surface area contributed by atoms with Gasteiger partial charge in [-0.25, -0.2) is 0 Å². The lowest BCUT2D eigenvalue weighted by molar-refractivity contribution is -0.126. The summed E-state index contributed by atoms with van der Waals surface area (Å²) in [6.07, 6.45) is 1.45. The van der Waals surface area contributed by atoms with Crippen molar-refractivity contribution in [2.24, 2.45) is 5.92 Å². The van der Waals surface area contributed by atoms with Gasteiger partial charge in [-0.2, -0.15) is 0 Å². The van der Waals surface area contributed by atoms with E-state index in [4.69, 9.17) is 0 Å². The zero-order valence-corrected chi connectivity index (χ0v) is 16.6. The average molecular weight is 390 g/mol. The minimum absolute atomic E-state index is 0. The fraction of sp³-hybridized carbons (Fsp3) is 0.429. The van der Waals surface area contributed by atoms with E-state index in [1.165, 1.54) is 0 Å². The normalized spacial score (nSPS) is 14.6. The highest BCUT2D eigenvalue weighted by molar-refractivity contribution is 6.07. The Kier molecular flexibility index (Phi) is 8.07. The predicted molar refractivity (Wildman–Crippen MR) is 111 cm³/mol. The van der Waals surface area contributed by atoms with Crippen molar-refractivity contribution in [3.63, 3.8) is 0 Å². The summed E-state index contributed by atoms with van der Waals surface area (Å²) in [6, 6.07) is 13.8. The van der Waals surface area contributed by atoms with Crippen LogP contribution in [0.3, 0.4) is 0 Å². The van der Waals surface area contributed by atoms with E-state index in [2.05, 4.69) is 10.6 Å². The third-order valence-corrected chi connectivity index (χ3v) is 5.02. The van der Waals surface area contributed by atoms with Crippen LogP contribution in [-0.4, -0.2) is 49.4 Å². The number of likely N-dealkylation sites (tertiary alicyclic amines) is 1. The van der Waals surface area contributed by atoms with Crippen LogP contribution >= 0.6 is 12.4 Å². The van der Waals surface area contributed by atoms with Gasteiger partial charge in [0, 0.05) is 37.7 Å². The number of hydrogen-bond acceptors (Lipinski definition) is 3. The van der Waals surface area contributed by atoms with Crippen molar-refractivity contribution in [2.45, 2.75) is 19.8 Å². The Bertz CT molecular complexity index is 768. The lowest BCUT2D eigenvalue weighted by atomic mass is 9.95. The molecule has 3 rings (SSSR count). The molecule has 0 unspecified atom stereocenters. The number of carbonyl (C=O) groups is 2. The van der Waals surface area contributed by atoms with Crippen molar-refractivity contribution in [2.75, 3.05) is 32.7 Å². The lowest BCUT2D eigenvalue weighted by Gasteiger charge is -2.31. The number of benzene rings is 2. The molecule has 1 aliphatic rings. The summed E-state index contributed by atoms with van der Waals surface area (Å²) < 4.78 is 0. The highest BCUT2D eigenvalue weighted by atomic mass is 35.5. The zero-order chi connectivity index (χ0) is 18.4. The number of amides is 2. The number of likely N-dealkylation sites (N-methyl/N-ethyl adjacent to an activating group) is 1. The molecule has 1 saturated heterocycles. The van der Waals surface area contributed by atoms with Crippen LogP contribution in [0.4, 0.5) is 0 Å². The van der Waals surface area contributed by atoms with Gasteiger partial charge in [-0.15, -0.1) is 12.4 Å². The Hall–Kier alpha value is -2.11. The SMILES string of the molecule is CCNCCNC(=O)C1CCN(C(=O)c2cccc3ccccc23)CC1.Cl. The van der Waals surface area contributed by atoms with E-state index in [0.29, 0.717) is 19.6 Å². The van der Waals surface area contributed by atoms with E-state index >= 15 is 0 Å². The smallest absolute Gasteiger partial charge is 0.254 e. The molecule has 1 heterocycles. The van der Waals surface area contributed by atoms with Gasteiger partial charge in [-0.3, -0.25) is 9.59 Å². The summed E-state index contributed by atoms with van der Waals surface area (Å²) >= 11 is 0. The van der Waals surface area contributed by atoms with Gasteiger partial charge in [0.25, 0.3) is 5.91 Å². The summed E-state index contributed by atoms with van der Waals surface area (Å²) in [5.74, 6) is 0.182. The third kappa shape index (κ3) is 5.21. The van der Waals surface area contributed by atoms with Crippen LogP contribution in [0.1, 0.15) is 30.1 Å². The molecule has 2 aromatic rings. The van der Waals surface area contributed by atoms with Gasteiger partial charge in [0.15, 0.2) is 0 Å². The second-order valence-corrected chi connectivity index (χ2v) is 6.74. The van der Waals surface area contributed by atoms with Gasteiger partial charge in [-0.1, -0.05) is 43.3 Å². The average Bonchev–Trinajstić information content (AvgIpc) is 2.70. The zero-order valence-electron chi connectivity index (χ0n) is 15.7. The highest BCUT2D eigenvalue weighted by Crippen LogP contribution is 2.23. The molecule has 0 bridgehead atoms. The molecule has 1 aliphatic heterocycles. The van der Waals surface area contributed by atoms with Crippen LogP contribution < -0.4 is 10.6 Å². The standard InChI is InChI=1S/C21H27N3O2.ClH/c1-2-22-12-13-23-20(25)17-10-14-24(15-11-17)21(26)19-9-5-7-16-6-3-4-8-18(16)19;/h3-9,17,22H,2,10-15H2,1H3,(H,23,25);1H. The number of fused-ring (bicyclic) bond motifs is 1. The summed E-state index contributed by atoms with van der Waals surface area (Å²) in [7, 11) is 0. The van der Waals surface area contributed by atoms with Crippen LogP contribution in [0.2, 0.25) is 0 Å². The van der Waals surface area contributed by atoms with Gasteiger partial charge in [0.2, 0.25) is 5.91 Å². The van der Waals surface area contributed by atoms with Gasteiger partial charge in [-0.05, 0) is 36.2 Å². The van der Waals surface area contributed by atoms with E-state index < -0.39 is 0 Å². The molecule has 27 heavy (non-hydrogen) atoms. The molecule has 2 amide bonds. The first kappa shape index (κ1) is 21.2. The van der Waals surface area contributed by atoms with E-state index in [1.54, 1.807) is 0 Å². The monoisotopic (exact) mass is 389 g/mol. The molecular weight excluding hydrogens is 362 g/mol. The Morgan fingerprint density at radius 1 is 1.04 bits per heavy atom. The minimum Gasteiger partial charge on any atom is -0.355 e. The van der Waals surface area contributed by atoms with Crippen molar-refractivity contribution >= 4 is 35.0 Å². The van der Waals surface area contributed by atoms with E-state index in [9.17, 15) is 9.59 Å². The van der Waals surface area contributed by atoms with Crippen LogP contribution in [-0.2, 0) is 4.79 Å². The first-order chi connectivity index (χ1) is 12.7. The molecule has 5 nitrogen and oxygen atoms in total. The first-order valence-electron chi connectivity index (χ1n) is 9.46. The van der Waals surface area contributed by atoms with Gasteiger partial charge in [0.1, 0.15) is 0 Å². The maximum Gasteiger partial charge on any atom is 0.254 e. The number of halogens is 1. The number of nitrogens with one attached hydrogen (secondary N) is 2. The molecule has 0 aliphatic carbocycles. The van der Waals surface area contributed by atoms with Gasteiger partial charge >= 0.3 is 0 Å². The molecule has 6 heteroatoms. The number of hydrogen-bond donors (Lipinski definition) is 2. The molecule has 2 N–H and O–H groups in total. The molecule has 0 spiro atoms. The predicted octanol–water partition coefficient (Wildman–Crippen LogP) is 2.84. The molecule has 1 fully saturated rings. The van der Waals surface area contributed by atoms with Crippen molar-refractivity contribution in [1.82, 2.24) is 15.5 Å².